The zero-order chi connectivity index (χ0) is 14.3. The summed E-state index contributed by atoms with van der Waals surface area (Å²) in [5.74, 6) is -0.146. The minimum absolute atomic E-state index is 0.00480. The van der Waals surface area contributed by atoms with Crippen LogP contribution in [0.4, 0.5) is 5.69 Å². The van der Waals surface area contributed by atoms with Crippen molar-refractivity contribution in [3.8, 4) is 0 Å². The third-order valence-corrected chi connectivity index (χ3v) is 4.27. The quantitative estimate of drug-likeness (QED) is 0.858. The number of carbonyl (C=O) groups is 2. The highest BCUT2D eigenvalue weighted by atomic mass is 35.5. The van der Waals surface area contributed by atoms with E-state index >= 15 is 0 Å². The molecular formula is C15H17ClN2O2. The van der Waals surface area contributed by atoms with E-state index in [4.69, 9.17) is 11.6 Å². The Morgan fingerprint density at radius 3 is 2.80 bits per heavy atom. The Balaban J connectivity index is 1.73. The van der Waals surface area contributed by atoms with Crippen molar-refractivity contribution in [1.29, 1.82) is 0 Å². The zero-order valence-electron chi connectivity index (χ0n) is 11.4. The SMILES string of the molecule is CN(C(=O)[C@H]1CC(=O)N(c2cccc(Cl)c2)C1)C1CC1. The Hall–Kier alpha value is -1.55. The van der Waals surface area contributed by atoms with Gasteiger partial charge in [-0.05, 0) is 31.0 Å². The second-order valence-electron chi connectivity index (χ2n) is 5.57. The van der Waals surface area contributed by atoms with E-state index in [9.17, 15) is 9.59 Å². The van der Waals surface area contributed by atoms with E-state index in [0.717, 1.165) is 18.5 Å². The molecule has 106 valence electrons. The molecule has 2 aliphatic rings. The molecule has 0 N–H and O–H groups in total. The van der Waals surface area contributed by atoms with Crippen LogP contribution in [-0.2, 0) is 9.59 Å². The standard InChI is InChI=1S/C15H17ClN2O2/c1-17(12-5-6-12)15(20)10-7-14(19)18(9-10)13-4-2-3-11(16)8-13/h2-4,8,10,12H,5-7,9H2,1H3/t10-/m0/s1. The lowest BCUT2D eigenvalue weighted by molar-refractivity contribution is -0.135. The molecule has 0 unspecified atom stereocenters. The first-order valence-electron chi connectivity index (χ1n) is 6.89. The number of hydrogen-bond donors (Lipinski definition) is 0. The van der Waals surface area contributed by atoms with Gasteiger partial charge in [0, 0.05) is 36.8 Å². The number of nitrogens with zero attached hydrogens (tertiary/aromatic N) is 2. The normalized spacial score (nSPS) is 22.2. The van der Waals surface area contributed by atoms with Gasteiger partial charge >= 0.3 is 0 Å². The predicted molar refractivity (Wildman–Crippen MR) is 77.7 cm³/mol. The first kappa shape index (κ1) is 13.4. The Morgan fingerprint density at radius 2 is 2.15 bits per heavy atom. The smallest absolute Gasteiger partial charge is 0.228 e. The third kappa shape index (κ3) is 2.52. The number of hydrogen-bond acceptors (Lipinski definition) is 2. The van der Waals surface area contributed by atoms with Crippen LogP contribution < -0.4 is 4.90 Å². The van der Waals surface area contributed by atoms with Gasteiger partial charge in [0.25, 0.3) is 0 Å². The molecule has 1 saturated heterocycles. The zero-order valence-corrected chi connectivity index (χ0v) is 12.1. The van der Waals surface area contributed by atoms with Gasteiger partial charge in [-0.15, -0.1) is 0 Å². The molecule has 20 heavy (non-hydrogen) atoms. The van der Waals surface area contributed by atoms with Gasteiger partial charge in [0.2, 0.25) is 11.8 Å². The maximum atomic E-state index is 12.3. The van der Waals surface area contributed by atoms with E-state index < -0.39 is 0 Å². The topological polar surface area (TPSA) is 40.6 Å². The molecule has 5 heteroatoms. The number of amides is 2. The van der Waals surface area contributed by atoms with Crippen LogP contribution >= 0.6 is 11.6 Å². The van der Waals surface area contributed by atoms with Crippen LogP contribution in [0.2, 0.25) is 5.02 Å². The summed E-state index contributed by atoms with van der Waals surface area (Å²) in [6.45, 7) is 0.453. The van der Waals surface area contributed by atoms with Crippen molar-refractivity contribution in [3.63, 3.8) is 0 Å². The summed E-state index contributed by atoms with van der Waals surface area (Å²) in [4.78, 5) is 27.9. The van der Waals surface area contributed by atoms with Crippen molar-refractivity contribution in [2.75, 3.05) is 18.5 Å². The summed E-state index contributed by atoms with van der Waals surface area (Å²) in [5, 5.41) is 0.597. The summed E-state index contributed by atoms with van der Waals surface area (Å²) >= 11 is 5.96. The summed E-state index contributed by atoms with van der Waals surface area (Å²) in [7, 11) is 1.84. The minimum atomic E-state index is -0.230. The van der Waals surface area contributed by atoms with Crippen molar-refractivity contribution in [2.45, 2.75) is 25.3 Å². The van der Waals surface area contributed by atoms with Crippen LogP contribution in [0.25, 0.3) is 0 Å². The first-order valence-corrected chi connectivity index (χ1v) is 7.26. The molecule has 0 radical (unpaired) electrons. The monoisotopic (exact) mass is 292 g/mol. The lowest BCUT2D eigenvalue weighted by Crippen LogP contribution is -2.36. The van der Waals surface area contributed by atoms with Crippen molar-refractivity contribution in [2.24, 2.45) is 5.92 Å². The molecule has 0 bridgehead atoms. The molecule has 1 aliphatic heterocycles. The van der Waals surface area contributed by atoms with Gasteiger partial charge in [-0.25, -0.2) is 0 Å². The maximum Gasteiger partial charge on any atom is 0.228 e. The third-order valence-electron chi connectivity index (χ3n) is 4.04. The molecule has 0 aromatic heterocycles. The first-order chi connectivity index (χ1) is 9.56. The fourth-order valence-electron chi connectivity index (χ4n) is 2.70. The van der Waals surface area contributed by atoms with Gasteiger partial charge in [-0.1, -0.05) is 17.7 Å². The average molecular weight is 293 g/mol. The fourth-order valence-corrected chi connectivity index (χ4v) is 2.88. The highest BCUT2D eigenvalue weighted by Crippen LogP contribution is 2.31. The van der Waals surface area contributed by atoms with Gasteiger partial charge in [0.15, 0.2) is 0 Å². The van der Waals surface area contributed by atoms with E-state index in [1.165, 1.54) is 0 Å². The van der Waals surface area contributed by atoms with E-state index in [0.29, 0.717) is 24.0 Å². The molecular weight excluding hydrogens is 276 g/mol. The number of rotatable bonds is 3. The molecule has 3 rings (SSSR count). The van der Waals surface area contributed by atoms with E-state index in [2.05, 4.69) is 0 Å². The molecule has 1 aromatic carbocycles. The summed E-state index contributed by atoms with van der Waals surface area (Å²) in [6.07, 6.45) is 2.46. The number of anilines is 1. The van der Waals surface area contributed by atoms with E-state index in [-0.39, 0.29) is 17.7 Å². The Labute approximate surface area is 123 Å². The van der Waals surface area contributed by atoms with Crippen LogP contribution in [0.1, 0.15) is 19.3 Å². The van der Waals surface area contributed by atoms with E-state index in [1.807, 2.05) is 19.2 Å². The number of benzene rings is 1. The highest BCUT2D eigenvalue weighted by molar-refractivity contribution is 6.30. The molecule has 1 aromatic rings. The molecule has 2 fully saturated rings. The van der Waals surface area contributed by atoms with Crippen molar-refractivity contribution in [1.82, 2.24) is 4.90 Å². The number of halogens is 1. The Bertz CT molecular complexity index is 557. The van der Waals surface area contributed by atoms with Crippen LogP contribution in [-0.4, -0.2) is 36.3 Å². The van der Waals surface area contributed by atoms with Gasteiger partial charge in [-0.3, -0.25) is 9.59 Å². The van der Waals surface area contributed by atoms with Crippen molar-refractivity contribution in [3.05, 3.63) is 29.3 Å². The maximum absolute atomic E-state index is 12.3. The average Bonchev–Trinajstić information content (AvgIpc) is 3.20. The van der Waals surface area contributed by atoms with Crippen molar-refractivity contribution < 1.29 is 9.59 Å². The number of carbonyl (C=O) groups excluding carboxylic acids is 2. The van der Waals surface area contributed by atoms with E-state index in [1.54, 1.807) is 21.9 Å². The van der Waals surface area contributed by atoms with Gasteiger partial charge in [-0.2, -0.15) is 0 Å². The molecule has 1 atom stereocenters. The Morgan fingerprint density at radius 1 is 1.40 bits per heavy atom. The molecule has 4 nitrogen and oxygen atoms in total. The minimum Gasteiger partial charge on any atom is -0.342 e. The van der Waals surface area contributed by atoms with Crippen LogP contribution in [0.3, 0.4) is 0 Å². The van der Waals surface area contributed by atoms with Crippen LogP contribution in [0.5, 0.6) is 0 Å². The molecule has 1 saturated carbocycles. The van der Waals surface area contributed by atoms with Gasteiger partial charge in [0.05, 0.1) is 5.92 Å². The molecule has 0 spiro atoms. The predicted octanol–water partition coefficient (Wildman–Crippen LogP) is 2.31. The van der Waals surface area contributed by atoms with Crippen molar-refractivity contribution >= 4 is 29.1 Å². The second kappa shape index (κ2) is 5.09. The Kier molecular flexibility index (Phi) is 3.42. The van der Waals surface area contributed by atoms with Crippen LogP contribution in [0.15, 0.2) is 24.3 Å². The summed E-state index contributed by atoms with van der Waals surface area (Å²) in [5.41, 5.74) is 0.770. The lowest BCUT2D eigenvalue weighted by atomic mass is 10.1. The summed E-state index contributed by atoms with van der Waals surface area (Å²) in [6, 6.07) is 7.58. The highest BCUT2D eigenvalue weighted by Gasteiger charge is 2.39. The lowest BCUT2D eigenvalue weighted by Gasteiger charge is -2.21. The fraction of sp³-hybridized carbons (Fsp3) is 0.467. The van der Waals surface area contributed by atoms with Gasteiger partial charge < -0.3 is 9.80 Å². The van der Waals surface area contributed by atoms with Gasteiger partial charge in [0.1, 0.15) is 0 Å². The molecule has 1 heterocycles. The largest absolute Gasteiger partial charge is 0.342 e. The summed E-state index contributed by atoms with van der Waals surface area (Å²) < 4.78 is 0. The van der Waals surface area contributed by atoms with Crippen LogP contribution in [0, 0.1) is 5.92 Å². The second-order valence-corrected chi connectivity index (χ2v) is 6.00. The molecule has 2 amide bonds. The molecule has 1 aliphatic carbocycles.